The first-order chi connectivity index (χ1) is 15.6. The number of pyridine rings is 1. The number of nitrogens with zero attached hydrogens (tertiary/aromatic N) is 4. The van der Waals surface area contributed by atoms with Crippen LogP contribution in [0, 0.1) is 0 Å². The molecule has 12 heteroatoms. The molecule has 0 saturated carbocycles. The number of halogens is 3. The normalized spacial score (nSPS) is 17.9. The maximum atomic E-state index is 13.3. The SMILES string of the molecule is CNS(=O)(=O)c1cc(C(F)(F)F)ccc1-c1nnc(N[C@@H]2CCCN(C)C2)c2cnccc12. The Hall–Kier alpha value is -2.83. The molecule has 0 unspecified atom stereocenters. The van der Waals surface area contributed by atoms with Gasteiger partial charge in [-0.2, -0.15) is 13.2 Å². The Morgan fingerprint density at radius 3 is 2.64 bits per heavy atom. The summed E-state index contributed by atoms with van der Waals surface area (Å²) in [5, 5.41) is 13.0. The molecule has 1 aromatic carbocycles. The van der Waals surface area contributed by atoms with Gasteiger partial charge in [0.25, 0.3) is 0 Å². The average molecular weight is 481 g/mol. The maximum Gasteiger partial charge on any atom is 0.416 e. The number of aromatic nitrogens is 3. The van der Waals surface area contributed by atoms with Crippen molar-refractivity contribution in [2.24, 2.45) is 0 Å². The fraction of sp³-hybridized carbons (Fsp3) is 0.381. The molecule has 0 bridgehead atoms. The number of fused-ring (bicyclic) bond motifs is 1. The van der Waals surface area contributed by atoms with E-state index in [0.717, 1.165) is 45.1 Å². The highest BCUT2D eigenvalue weighted by molar-refractivity contribution is 7.89. The van der Waals surface area contributed by atoms with E-state index < -0.39 is 26.7 Å². The third-order valence-electron chi connectivity index (χ3n) is 5.67. The fourth-order valence-corrected chi connectivity index (χ4v) is 4.96. The minimum Gasteiger partial charge on any atom is -0.364 e. The molecular formula is C21H23F3N6O2S. The lowest BCUT2D eigenvalue weighted by Gasteiger charge is -2.30. The van der Waals surface area contributed by atoms with Gasteiger partial charge in [0.05, 0.1) is 10.5 Å². The Morgan fingerprint density at radius 2 is 1.94 bits per heavy atom. The van der Waals surface area contributed by atoms with Crippen molar-refractivity contribution in [2.75, 3.05) is 32.5 Å². The maximum absolute atomic E-state index is 13.3. The Bertz CT molecular complexity index is 1280. The lowest BCUT2D eigenvalue weighted by atomic mass is 10.0. The summed E-state index contributed by atoms with van der Waals surface area (Å²) in [7, 11) is -1.04. The molecule has 1 aliphatic heterocycles. The van der Waals surface area contributed by atoms with E-state index in [1.54, 1.807) is 12.3 Å². The zero-order valence-electron chi connectivity index (χ0n) is 18.0. The number of likely N-dealkylation sites (N-methyl/N-ethyl adjacent to an activating group) is 1. The van der Waals surface area contributed by atoms with Crippen molar-refractivity contribution >= 4 is 26.6 Å². The predicted molar refractivity (Wildman–Crippen MR) is 118 cm³/mol. The van der Waals surface area contributed by atoms with Crippen molar-refractivity contribution in [1.29, 1.82) is 0 Å². The van der Waals surface area contributed by atoms with E-state index in [1.807, 2.05) is 7.05 Å². The van der Waals surface area contributed by atoms with E-state index in [0.29, 0.717) is 22.7 Å². The molecule has 1 saturated heterocycles. The van der Waals surface area contributed by atoms with E-state index in [2.05, 4.69) is 30.1 Å². The van der Waals surface area contributed by atoms with Gasteiger partial charge in [0.15, 0.2) is 5.82 Å². The third kappa shape index (κ3) is 4.77. The Balaban J connectivity index is 1.86. The van der Waals surface area contributed by atoms with Crippen LogP contribution in [0.1, 0.15) is 18.4 Å². The van der Waals surface area contributed by atoms with Crippen molar-refractivity contribution in [1.82, 2.24) is 24.8 Å². The van der Waals surface area contributed by atoms with Crippen LogP contribution in [0.25, 0.3) is 22.0 Å². The monoisotopic (exact) mass is 480 g/mol. The van der Waals surface area contributed by atoms with Crippen LogP contribution in [0.2, 0.25) is 0 Å². The highest BCUT2D eigenvalue weighted by atomic mass is 32.2. The smallest absolute Gasteiger partial charge is 0.364 e. The van der Waals surface area contributed by atoms with Gasteiger partial charge in [-0.05, 0) is 51.7 Å². The lowest BCUT2D eigenvalue weighted by Crippen LogP contribution is -2.40. The van der Waals surface area contributed by atoms with Crippen LogP contribution in [0.15, 0.2) is 41.6 Å². The Kier molecular flexibility index (Phi) is 6.25. The van der Waals surface area contributed by atoms with E-state index >= 15 is 0 Å². The number of alkyl halides is 3. The molecule has 2 N–H and O–H groups in total. The highest BCUT2D eigenvalue weighted by Gasteiger charge is 2.33. The number of piperidine rings is 1. The summed E-state index contributed by atoms with van der Waals surface area (Å²) in [4.78, 5) is 5.84. The van der Waals surface area contributed by atoms with Crippen molar-refractivity contribution in [3.05, 3.63) is 42.2 Å². The first-order valence-corrected chi connectivity index (χ1v) is 11.8. The van der Waals surface area contributed by atoms with Crippen molar-refractivity contribution in [2.45, 2.75) is 30.0 Å². The number of sulfonamides is 1. The van der Waals surface area contributed by atoms with Crippen LogP contribution < -0.4 is 10.0 Å². The molecule has 3 aromatic rings. The van der Waals surface area contributed by atoms with Crippen LogP contribution in [-0.4, -0.2) is 61.7 Å². The van der Waals surface area contributed by atoms with Crippen molar-refractivity contribution < 1.29 is 21.6 Å². The summed E-state index contributed by atoms with van der Waals surface area (Å²) in [5.41, 5.74) is -0.898. The highest BCUT2D eigenvalue weighted by Crippen LogP contribution is 2.37. The van der Waals surface area contributed by atoms with Gasteiger partial charge >= 0.3 is 6.18 Å². The lowest BCUT2D eigenvalue weighted by molar-refractivity contribution is -0.137. The van der Waals surface area contributed by atoms with Gasteiger partial charge in [-0.3, -0.25) is 4.98 Å². The molecule has 0 aliphatic carbocycles. The molecule has 1 fully saturated rings. The van der Waals surface area contributed by atoms with Gasteiger partial charge < -0.3 is 10.2 Å². The first-order valence-electron chi connectivity index (χ1n) is 10.3. The van der Waals surface area contributed by atoms with E-state index in [9.17, 15) is 21.6 Å². The summed E-state index contributed by atoms with van der Waals surface area (Å²) < 4.78 is 67.2. The number of nitrogens with one attached hydrogen (secondary N) is 2. The molecule has 2 aromatic heterocycles. The third-order valence-corrected chi connectivity index (χ3v) is 7.12. The molecule has 1 aliphatic rings. The van der Waals surface area contributed by atoms with Crippen LogP contribution in [0.5, 0.6) is 0 Å². The average Bonchev–Trinajstić information content (AvgIpc) is 2.78. The minimum absolute atomic E-state index is 0.0185. The molecule has 1 atom stereocenters. The molecule has 0 amide bonds. The van der Waals surface area contributed by atoms with Gasteiger partial charge in [-0.15, -0.1) is 10.2 Å². The van der Waals surface area contributed by atoms with Gasteiger partial charge in [0.2, 0.25) is 10.0 Å². The molecule has 33 heavy (non-hydrogen) atoms. The zero-order valence-corrected chi connectivity index (χ0v) is 18.8. The molecule has 4 rings (SSSR count). The van der Waals surface area contributed by atoms with Crippen LogP contribution in [-0.2, 0) is 16.2 Å². The van der Waals surface area contributed by atoms with E-state index in [-0.39, 0.29) is 17.3 Å². The van der Waals surface area contributed by atoms with E-state index in [4.69, 9.17) is 0 Å². The first kappa shape index (κ1) is 23.3. The molecule has 8 nitrogen and oxygen atoms in total. The fourth-order valence-electron chi connectivity index (χ4n) is 4.01. The molecule has 0 radical (unpaired) electrons. The quantitative estimate of drug-likeness (QED) is 0.579. The second-order valence-electron chi connectivity index (χ2n) is 7.98. The number of rotatable bonds is 5. The van der Waals surface area contributed by atoms with E-state index in [1.165, 1.54) is 6.20 Å². The van der Waals surface area contributed by atoms with Crippen LogP contribution >= 0.6 is 0 Å². The Labute approximate surface area is 189 Å². The molecule has 176 valence electrons. The number of hydrogen-bond donors (Lipinski definition) is 2. The molecule has 0 spiro atoms. The molecular weight excluding hydrogens is 457 g/mol. The number of likely N-dealkylation sites (tertiary alicyclic amines) is 1. The minimum atomic E-state index is -4.70. The van der Waals surface area contributed by atoms with Gasteiger partial charge in [0, 0.05) is 41.3 Å². The second kappa shape index (κ2) is 8.84. The summed E-state index contributed by atoms with van der Waals surface area (Å²) >= 11 is 0. The number of benzene rings is 1. The van der Waals surface area contributed by atoms with Gasteiger partial charge in [-0.1, -0.05) is 6.07 Å². The summed E-state index contributed by atoms with van der Waals surface area (Å²) in [5.74, 6) is 0.493. The Morgan fingerprint density at radius 1 is 1.15 bits per heavy atom. The topological polar surface area (TPSA) is 100 Å². The zero-order chi connectivity index (χ0) is 23.8. The van der Waals surface area contributed by atoms with Crippen LogP contribution in [0.4, 0.5) is 19.0 Å². The molecule has 3 heterocycles. The largest absolute Gasteiger partial charge is 0.416 e. The predicted octanol–water partition coefficient (Wildman–Crippen LogP) is 3.12. The second-order valence-corrected chi connectivity index (χ2v) is 9.84. The van der Waals surface area contributed by atoms with Crippen molar-refractivity contribution in [3.8, 4) is 11.3 Å². The van der Waals surface area contributed by atoms with Crippen LogP contribution in [0.3, 0.4) is 0 Å². The summed E-state index contributed by atoms with van der Waals surface area (Å²) in [6.45, 7) is 1.84. The standard InChI is InChI=1S/C21H23F3N6O2S/c1-25-33(31,32)18-10-13(21(22,23)24)5-6-16(18)19-15-7-8-26-11-17(15)20(29-28-19)27-14-4-3-9-30(2)12-14/h5-8,10-11,14,25H,3-4,9,12H2,1-2H3,(H,27,29)/t14-/m1/s1. The number of hydrogen-bond acceptors (Lipinski definition) is 7. The van der Waals surface area contributed by atoms with Crippen molar-refractivity contribution in [3.63, 3.8) is 0 Å². The number of anilines is 1. The van der Waals surface area contributed by atoms with Gasteiger partial charge in [-0.25, -0.2) is 13.1 Å². The van der Waals surface area contributed by atoms with Gasteiger partial charge in [0.1, 0.15) is 5.69 Å². The summed E-state index contributed by atoms with van der Waals surface area (Å²) in [6.07, 6.45) is 0.390. The summed E-state index contributed by atoms with van der Waals surface area (Å²) in [6, 6.07) is 4.35.